The maximum absolute atomic E-state index is 15.5. The maximum atomic E-state index is 15.5. The van der Waals surface area contributed by atoms with Crippen molar-refractivity contribution in [3.05, 3.63) is 53.6 Å². The summed E-state index contributed by atoms with van der Waals surface area (Å²) in [5.41, 5.74) is 2.10. The van der Waals surface area contributed by atoms with Crippen LogP contribution in [0.25, 0.3) is 11.1 Å². The number of thioether (sulfide) groups is 1. The standard InChI is InChI=1S/C27H38FN5OSSi/c1-25(2,3)36(6,7)34-18-26(4)15-23-30-31-24(33(23)12-13-35-26)27(10-11-27)21-9-8-19(14-22(21)28)20-16-29-32(5)17-20/h8-9,14,16-17H,10-13,15,18H2,1-7H3. The lowest BCUT2D eigenvalue weighted by Gasteiger charge is -2.39. The van der Waals surface area contributed by atoms with Gasteiger partial charge >= 0.3 is 0 Å². The SMILES string of the molecule is Cn1cc(-c2ccc(C3(c4nnc5n4CCSC(C)(CO[Si](C)(C)C(C)(C)C)C5)CC3)c(F)c2)cn1. The van der Waals surface area contributed by atoms with Crippen LogP contribution in [0.5, 0.6) is 0 Å². The molecule has 1 fully saturated rings. The highest BCUT2D eigenvalue weighted by Crippen LogP contribution is 2.54. The monoisotopic (exact) mass is 527 g/mol. The molecule has 0 bridgehead atoms. The first-order chi connectivity index (χ1) is 16.8. The van der Waals surface area contributed by atoms with Crippen molar-refractivity contribution < 1.29 is 8.82 Å². The summed E-state index contributed by atoms with van der Waals surface area (Å²) in [5.74, 6) is 2.70. The van der Waals surface area contributed by atoms with Crippen molar-refractivity contribution >= 4 is 20.1 Å². The smallest absolute Gasteiger partial charge is 0.192 e. The van der Waals surface area contributed by atoms with Crippen molar-refractivity contribution in [1.82, 2.24) is 24.5 Å². The van der Waals surface area contributed by atoms with Gasteiger partial charge in [-0.2, -0.15) is 16.9 Å². The van der Waals surface area contributed by atoms with Crippen LogP contribution in [0.4, 0.5) is 4.39 Å². The van der Waals surface area contributed by atoms with Crippen molar-refractivity contribution in [3.63, 3.8) is 0 Å². The number of aromatic nitrogens is 5. The molecule has 1 aromatic carbocycles. The lowest BCUT2D eigenvalue weighted by molar-refractivity contribution is 0.252. The van der Waals surface area contributed by atoms with E-state index in [0.717, 1.165) is 59.9 Å². The van der Waals surface area contributed by atoms with E-state index < -0.39 is 8.32 Å². The minimum atomic E-state index is -1.84. The summed E-state index contributed by atoms with van der Waals surface area (Å²) in [6, 6.07) is 5.58. The van der Waals surface area contributed by atoms with Crippen LogP contribution in [0.3, 0.4) is 0 Å². The van der Waals surface area contributed by atoms with E-state index in [1.165, 1.54) is 0 Å². The zero-order valence-electron chi connectivity index (χ0n) is 22.6. The Morgan fingerprint density at radius 3 is 2.53 bits per heavy atom. The maximum Gasteiger partial charge on any atom is 0.192 e. The highest BCUT2D eigenvalue weighted by molar-refractivity contribution is 8.00. The lowest BCUT2D eigenvalue weighted by Crippen LogP contribution is -2.45. The normalized spacial score (nSPS) is 21.8. The van der Waals surface area contributed by atoms with Crippen LogP contribution in [0.2, 0.25) is 18.1 Å². The zero-order chi connectivity index (χ0) is 25.9. The molecular weight excluding hydrogens is 489 g/mol. The molecule has 1 aliphatic carbocycles. The molecule has 0 amide bonds. The summed E-state index contributed by atoms with van der Waals surface area (Å²) >= 11 is 1.97. The van der Waals surface area contributed by atoms with Crippen LogP contribution in [0.1, 0.15) is 57.7 Å². The Morgan fingerprint density at radius 1 is 1.17 bits per heavy atom. The minimum Gasteiger partial charge on any atom is -0.415 e. The molecule has 2 aliphatic rings. The Hall–Kier alpha value is -1.97. The van der Waals surface area contributed by atoms with Gasteiger partial charge in [0.25, 0.3) is 0 Å². The van der Waals surface area contributed by atoms with Gasteiger partial charge in [0.15, 0.2) is 8.32 Å². The Bertz CT molecular complexity index is 1280. The Labute approximate surface area is 219 Å². The van der Waals surface area contributed by atoms with Crippen LogP contribution in [0.15, 0.2) is 30.6 Å². The second kappa shape index (κ2) is 8.81. The van der Waals surface area contributed by atoms with Crippen molar-refractivity contribution in [2.75, 3.05) is 12.4 Å². The third kappa shape index (κ3) is 4.58. The number of hydrogen-bond acceptors (Lipinski definition) is 5. The number of rotatable bonds is 6. The summed E-state index contributed by atoms with van der Waals surface area (Å²) in [4.78, 5) is 0. The average molecular weight is 528 g/mol. The fraction of sp³-hybridized carbons (Fsp3) is 0.593. The van der Waals surface area contributed by atoms with Crippen LogP contribution in [-0.4, -0.2) is 50.0 Å². The van der Waals surface area contributed by atoms with Gasteiger partial charge in [0.05, 0.1) is 11.6 Å². The van der Waals surface area contributed by atoms with Gasteiger partial charge in [-0.1, -0.05) is 32.9 Å². The van der Waals surface area contributed by atoms with Crippen molar-refractivity contribution in [2.45, 2.75) is 81.8 Å². The molecule has 1 saturated carbocycles. The van der Waals surface area contributed by atoms with E-state index >= 15 is 4.39 Å². The molecule has 1 atom stereocenters. The highest BCUT2D eigenvalue weighted by Gasteiger charge is 2.52. The molecule has 3 aromatic rings. The first kappa shape index (κ1) is 25.7. The predicted molar refractivity (Wildman–Crippen MR) is 146 cm³/mol. The predicted octanol–water partition coefficient (Wildman–Crippen LogP) is 5.97. The Kier molecular flexibility index (Phi) is 6.28. The third-order valence-electron chi connectivity index (χ3n) is 8.37. The summed E-state index contributed by atoms with van der Waals surface area (Å²) < 4.78 is 26.1. The summed E-state index contributed by atoms with van der Waals surface area (Å²) in [6.07, 6.45) is 6.27. The van der Waals surface area contributed by atoms with Crippen molar-refractivity contribution in [3.8, 4) is 11.1 Å². The number of hydrogen-bond donors (Lipinski definition) is 0. The van der Waals surface area contributed by atoms with Gasteiger partial charge in [-0.25, -0.2) is 4.39 Å². The Balaban J connectivity index is 1.40. The first-order valence-corrected chi connectivity index (χ1v) is 16.7. The van der Waals surface area contributed by atoms with E-state index in [2.05, 4.69) is 60.7 Å². The summed E-state index contributed by atoms with van der Waals surface area (Å²) in [5, 5.41) is 13.7. The van der Waals surface area contributed by atoms with Gasteiger partial charge in [0.2, 0.25) is 0 Å². The first-order valence-electron chi connectivity index (χ1n) is 12.8. The van der Waals surface area contributed by atoms with Gasteiger partial charge < -0.3 is 8.99 Å². The molecule has 0 spiro atoms. The fourth-order valence-electron chi connectivity index (χ4n) is 4.86. The minimum absolute atomic E-state index is 0.0542. The molecule has 1 unspecified atom stereocenters. The number of fused-ring (bicyclic) bond motifs is 1. The molecular formula is C27H38FN5OSSi. The quantitative estimate of drug-likeness (QED) is 0.370. The summed E-state index contributed by atoms with van der Waals surface area (Å²) in [7, 11) is 0.0282. The van der Waals surface area contributed by atoms with Crippen LogP contribution >= 0.6 is 11.8 Å². The van der Waals surface area contributed by atoms with E-state index in [9.17, 15) is 0 Å². The topological polar surface area (TPSA) is 57.8 Å². The number of aryl methyl sites for hydroxylation is 1. The number of benzene rings is 1. The van der Waals surface area contributed by atoms with E-state index in [4.69, 9.17) is 4.43 Å². The molecule has 9 heteroatoms. The van der Waals surface area contributed by atoms with E-state index in [0.29, 0.717) is 6.61 Å². The number of nitrogens with zero attached hydrogens (tertiary/aromatic N) is 5. The molecule has 6 nitrogen and oxygen atoms in total. The average Bonchev–Trinajstić information content (AvgIpc) is 3.37. The van der Waals surface area contributed by atoms with Crippen molar-refractivity contribution in [1.29, 1.82) is 0 Å². The molecule has 0 radical (unpaired) electrons. The molecule has 36 heavy (non-hydrogen) atoms. The molecule has 1 aliphatic heterocycles. The van der Waals surface area contributed by atoms with Gasteiger partial charge in [-0.3, -0.25) is 4.68 Å². The van der Waals surface area contributed by atoms with Gasteiger partial charge in [-0.05, 0) is 49.5 Å². The van der Waals surface area contributed by atoms with Crippen molar-refractivity contribution in [2.24, 2.45) is 7.05 Å². The second-order valence-electron chi connectivity index (χ2n) is 12.3. The largest absolute Gasteiger partial charge is 0.415 e. The Morgan fingerprint density at radius 2 is 1.92 bits per heavy atom. The van der Waals surface area contributed by atoms with E-state index in [1.54, 1.807) is 16.9 Å². The fourth-order valence-corrected chi connectivity index (χ4v) is 7.21. The van der Waals surface area contributed by atoms with E-state index in [-0.39, 0.29) is 21.0 Å². The van der Waals surface area contributed by atoms with Gasteiger partial charge in [-0.15, -0.1) is 10.2 Å². The van der Waals surface area contributed by atoms with E-state index in [1.807, 2.05) is 37.1 Å². The molecule has 194 valence electrons. The molecule has 0 saturated heterocycles. The van der Waals surface area contributed by atoms with Crippen LogP contribution in [-0.2, 0) is 29.9 Å². The van der Waals surface area contributed by atoms with Gasteiger partial charge in [0, 0.05) is 54.4 Å². The van der Waals surface area contributed by atoms with Gasteiger partial charge in [0.1, 0.15) is 17.5 Å². The zero-order valence-corrected chi connectivity index (χ0v) is 24.4. The molecule has 0 N–H and O–H groups in total. The molecule has 5 rings (SSSR count). The molecule has 3 heterocycles. The van der Waals surface area contributed by atoms with Crippen LogP contribution < -0.4 is 0 Å². The molecule has 2 aromatic heterocycles. The third-order valence-corrected chi connectivity index (χ3v) is 14.2. The second-order valence-corrected chi connectivity index (χ2v) is 18.8. The highest BCUT2D eigenvalue weighted by atomic mass is 32.2. The number of halogens is 1. The lowest BCUT2D eigenvalue weighted by atomic mass is 9.92. The van der Waals surface area contributed by atoms with Crippen LogP contribution in [0, 0.1) is 5.82 Å². The summed E-state index contributed by atoms with van der Waals surface area (Å²) in [6.45, 7) is 15.3.